The SMILES string of the molecule is CCCCCCCCCCCCCCCCC(=O)O[C@H](COC(=O)CCCCCCCCCCCCC(C)C)COP(=O)(O)OC[C@H](O)COP(=O)(O)OC[C@@H](COC(=O)CCCCCCCCCCCCCC(C)C)OC(=O)CCCCCCCCCCCCCC(C)C. The number of carbonyl (C=O) groups excluding carboxylic acids is 4. The average Bonchev–Trinajstić information content (AvgIpc) is 2.31. The van der Waals surface area contributed by atoms with E-state index in [0.29, 0.717) is 25.7 Å². The quantitative estimate of drug-likeness (QED) is 0.0222. The van der Waals surface area contributed by atoms with Gasteiger partial charge in [0.15, 0.2) is 12.2 Å². The third-order valence-electron chi connectivity index (χ3n) is 17.6. The van der Waals surface area contributed by atoms with Gasteiger partial charge in [-0.3, -0.25) is 37.3 Å². The number of esters is 4. The highest BCUT2D eigenvalue weighted by molar-refractivity contribution is 7.47. The fraction of sp³-hybridized carbons (Fsp3) is 0.947. The van der Waals surface area contributed by atoms with Crippen molar-refractivity contribution in [2.24, 2.45) is 17.8 Å². The van der Waals surface area contributed by atoms with Gasteiger partial charge in [-0.1, -0.05) is 337 Å². The minimum Gasteiger partial charge on any atom is -0.462 e. The highest BCUT2D eigenvalue weighted by Crippen LogP contribution is 2.45. The van der Waals surface area contributed by atoms with Crippen molar-refractivity contribution in [2.75, 3.05) is 39.6 Å². The van der Waals surface area contributed by atoms with Gasteiger partial charge in [0.05, 0.1) is 26.4 Å². The molecule has 0 aromatic rings. The number of ether oxygens (including phenoxy) is 4. The Kier molecular flexibility index (Phi) is 65.2. The Balaban J connectivity index is 5.27. The Labute approximate surface area is 581 Å². The molecule has 2 unspecified atom stereocenters. The fourth-order valence-electron chi connectivity index (χ4n) is 11.6. The molecular formula is C76H148O17P2. The predicted molar refractivity (Wildman–Crippen MR) is 386 cm³/mol. The molecule has 0 heterocycles. The standard InChI is InChI=1S/C76H148O17P2/c1-8-9-10-11-12-13-14-15-16-21-31-38-45-52-59-75(80)92-72(64-87-74(79)58-51-44-37-30-25-24-28-35-42-49-56-69(6)7)66-91-95(84,85)89-62-70(77)61-88-94(82,83)90-65-71(93-76(81)60-53-46-39-32-23-18-20-27-34-41-48-55-68(4)5)63-86-73(78)57-50-43-36-29-22-17-19-26-33-40-47-54-67(2)3/h67-72,77H,8-66H2,1-7H3,(H,82,83)(H,84,85)/t70-,71-,72-/m1/s1. The van der Waals surface area contributed by atoms with Gasteiger partial charge in [0.25, 0.3) is 0 Å². The van der Waals surface area contributed by atoms with Crippen molar-refractivity contribution in [3.63, 3.8) is 0 Å². The molecule has 564 valence electrons. The Bertz CT molecular complexity index is 1850. The molecule has 0 saturated carbocycles. The van der Waals surface area contributed by atoms with Crippen LogP contribution in [0, 0.1) is 17.8 Å². The number of phosphoric ester groups is 2. The first-order valence-electron chi connectivity index (χ1n) is 39.3. The first-order chi connectivity index (χ1) is 45.7. The van der Waals surface area contributed by atoms with Crippen molar-refractivity contribution in [2.45, 2.75) is 407 Å². The largest absolute Gasteiger partial charge is 0.472 e. The van der Waals surface area contributed by atoms with E-state index in [-0.39, 0.29) is 25.7 Å². The summed E-state index contributed by atoms with van der Waals surface area (Å²) < 4.78 is 68.6. The maximum Gasteiger partial charge on any atom is 0.472 e. The zero-order chi connectivity index (χ0) is 70.1. The number of hydrogen-bond acceptors (Lipinski definition) is 15. The minimum atomic E-state index is -4.96. The zero-order valence-corrected chi connectivity index (χ0v) is 63.9. The van der Waals surface area contributed by atoms with Crippen LogP contribution in [0.15, 0.2) is 0 Å². The van der Waals surface area contributed by atoms with Crippen molar-refractivity contribution in [1.29, 1.82) is 0 Å². The molecule has 0 fully saturated rings. The van der Waals surface area contributed by atoms with Crippen LogP contribution in [0.3, 0.4) is 0 Å². The van der Waals surface area contributed by atoms with E-state index in [1.807, 2.05) is 0 Å². The van der Waals surface area contributed by atoms with E-state index < -0.39 is 97.5 Å². The maximum atomic E-state index is 13.1. The van der Waals surface area contributed by atoms with Gasteiger partial charge in [-0.15, -0.1) is 0 Å². The Morgan fingerprint density at radius 1 is 0.284 bits per heavy atom. The summed E-state index contributed by atoms with van der Waals surface area (Å²) in [5.74, 6) is 0.179. The first kappa shape index (κ1) is 93.1. The zero-order valence-electron chi connectivity index (χ0n) is 62.1. The van der Waals surface area contributed by atoms with Gasteiger partial charge in [0.2, 0.25) is 0 Å². The summed E-state index contributed by atoms with van der Waals surface area (Å²) in [5, 5.41) is 10.6. The molecule has 0 spiro atoms. The minimum absolute atomic E-state index is 0.106. The predicted octanol–water partition coefficient (Wildman–Crippen LogP) is 22.2. The van der Waals surface area contributed by atoms with E-state index in [9.17, 15) is 43.2 Å². The van der Waals surface area contributed by atoms with Crippen LogP contribution in [-0.4, -0.2) is 96.7 Å². The van der Waals surface area contributed by atoms with Crippen LogP contribution in [0.5, 0.6) is 0 Å². The van der Waals surface area contributed by atoms with Crippen molar-refractivity contribution >= 4 is 39.5 Å². The van der Waals surface area contributed by atoms with Crippen molar-refractivity contribution in [3.05, 3.63) is 0 Å². The molecule has 0 amide bonds. The highest BCUT2D eigenvalue weighted by Gasteiger charge is 2.30. The number of unbranched alkanes of at least 4 members (excludes halogenated alkanes) is 42. The molecule has 95 heavy (non-hydrogen) atoms. The number of rotatable bonds is 74. The molecule has 17 nitrogen and oxygen atoms in total. The fourth-order valence-corrected chi connectivity index (χ4v) is 13.2. The summed E-state index contributed by atoms with van der Waals surface area (Å²) in [6.45, 7) is 11.9. The van der Waals surface area contributed by atoms with Gasteiger partial charge >= 0.3 is 39.5 Å². The molecule has 0 saturated heterocycles. The summed E-state index contributed by atoms with van der Waals surface area (Å²) >= 11 is 0. The second kappa shape index (κ2) is 66.6. The molecule has 0 aromatic heterocycles. The Hall–Kier alpha value is -1.94. The first-order valence-corrected chi connectivity index (χ1v) is 42.3. The lowest BCUT2D eigenvalue weighted by molar-refractivity contribution is -0.161. The number of aliphatic hydroxyl groups is 1. The van der Waals surface area contributed by atoms with Crippen LogP contribution >= 0.6 is 15.6 Å². The smallest absolute Gasteiger partial charge is 0.462 e. The number of carbonyl (C=O) groups is 4. The Morgan fingerprint density at radius 2 is 0.484 bits per heavy atom. The molecule has 0 aliphatic rings. The number of phosphoric acid groups is 2. The summed E-state index contributed by atoms with van der Waals surface area (Å²) in [4.78, 5) is 72.9. The molecule has 0 rings (SSSR count). The molecule has 5 atom stereocenters. The summed E-state index contributed by atoms with van der Waals surface area (Å²) in [6.07, 6.45) is 52.5. The monoisotopic (exact) mass is 1400 g/mol. The average molecular weight is 1400 g/mol. The second-order valence-electron chi connectivity index (χ2n) is 28.8. The van der Waals surface area contributed by atoms with Gasteiger partial charge in [-0.25, -0.2) is 9.13 Å². The van der Waals surface area contributed by atoms with Crippen molar-refractivity contribution in [3.8, 4) is 0 Å². The third kappa shape index (κ3) is 70.3. The lowest BCUT2D eigenvalue weighted by Crippen LogP contribution is -2.30. The van der Waals surface area contributed by atoms with Gasteiger partial charge in [0.1, 0.15) is 19.3 Å². The topological polar surface area (TPSA) is 237 Å². The van der Waals surface area contributed by atoms with Crippen LogP contribution in [-0.2, 0) is 65.4 Å². The molecule has 19 heteroatoms. The second-order valence-corrected chi connectivity index (χ2v) is 31.7. The highest BCUT2D eigenvalue weighted by atomic mass is 31.2. The van der Waals surface area contributed by atoms with Gasteiger partial charge in [-0.2, -0.15) is 0 Å². The molecule has 3 N–H and O–H groups in total. The van der Waals surface area contributed by atoms with Gasteiger partial charge in [-0.05, 0) is 43.4 Å². The van der Waals surface area contributed by atoms with Crippen LogP contribution in [0.2, 0.25) is 0 Å². The number of hydrogen-bond donors (Lipinski definition) is 3. The normalized spacial score (nSPS) is 14.1. The lowest BCUT2D eigenvalue weighted by atomic mass is 10.0. The summed E-state index contributed by atoms with van der Waals surface area (Å²) in [5.41, 5.74) is 0. The Morgan fingerprint density at radius 3 is 0.716 bits per heavy atom. The van der Waals surface area contributed by atoms with Crippen molar-refractivity contribution < 1.29 is 80.2 Å². The van der Waals surface area contributed by atoms with Crippen LogP contribution < -0.4 is 0 Å². The number of aliphatic hydroxyl groups excluding tert-OH is 1. The lowest BCUT2D eigenvalue weighted by Gasteiger charge is -2.21. The van der Waals surface area contributed by atoms with E-state index in [1.54, 1.807) is 0 Å². The summed E-state index contributed by atoms with van der Waals surface area (Å²) in [6, 6.07) is 0. The van der Waals surface area contributed by atoms with Crippen LogP contribution in [0.25, 0.3) is 0 Å². The van der Waals surface area contributed by atoms with E-state index in [1.165, 1.54) is 199 Å². The molecule has 0 aliphatic heterocycles. The van der Waals surface area contributed by atoms with E-state index in [0.717, 1.165) is 108 Å². The maximum absolute atomic E-state index is 13.1. The van der Waals surface area contributed by atoms with Gasteiger partial charge in [0, 0.05) is 25.7 Å². The van der Waals surface area contributed by atoms with Gasteiger partial charge < -0.3 is 33.8 Å². The molecule has 0 aromatic carbocycles. The summed E-state index contributed by atoms with van der Waals surface area (Å²) in [7, 11) is -9.91. The molecule has 0 aliphatic carbocycles. The van der Waals surface area contributed by atoms with Crippen LogP contribution in [0.4, 0.5) is 0 Å². The van der Waals surface area contributed by atoms with Crippen molar-refractivity contribution in [1.82, 2.24) is 0 Å². The molecule has 0 radical (unpaired) electrons. The van der Waals surface area contributed by atoms with E-state index >= 15 is 0 Å². The molecule has 0 bridgehead atoms. The van der Waals surface area contributed by atoms with E-state index in [2.05, 4.69) is 48.5 Å². The third-order valence-corrected chi connectivity index (χ3v) is 19.5. The van der Waals surface area contributed by atoms with Crippen LogP contribution in [0.1, 0.15) is 389 Å². The van der Waals surface area contributed by atoms with E-state index in [4.69, 9.17) is 37.0 Å². The molecular weight excluding hydrogens is 1250 g/mol.